The van der Waals surface area contributed by atoms with Crippen molar-refractivity contribution in [2.45, 2.75) is 56.1 Å². The van der Waals surface area contributed by atoms with Crippen LogP contribution in [0.2, 0.25) is 0 Å². The molecule has 4 rings (SSSR count). The highest BCUT2D eigenvalue weighted by Gasteiger charge is 2.23. The monoisotopic (exact) mass is 440 g/mol. The third kappa shape index (κ3) is 5.73. The largest absolute Gasteiger partial charge is 0.355 e. The molecule has 5 nitrogen and oxygen atoms in total. The van der Waals surface area contributed by atoms with Gasteiger partial charge in [-0.15, -0.1) is 21.5 Å². The Hall–Kier alpha value is -2.12. The number of carbonyl (C=O) groups is 1. The number of amides is 1. The molecule has 0 bridgehead atoms. The van der Waals surface area contributed by atoms with Crippen LogP contribution in [0.5, 0.6) is 0 Å². The van der Waals surface area contributed by atoms with E-state index >= 15 is 0 Å². The van der Waals surface area contributed by atoms with E-state index in [1.807, 2.05) is 18.2 Å². The van der Waals surface area contributed by atoms with Gasteiger partial charge in [0, 0.05) is 23.9 Å². The molecular weight excluding hydrogens is 412 g/mol. The lowest BCUT2D eigenvalue weighted by Crippen LogP contribution is -2.27. The summed E-state index contributed by atoms with van der Waals surface area (Å²) in [6.45, 7) is 0.655. The van der Waals surface area contributed by atoms with Gasteiger partial charge in [-0.05, 0) is 36.3 Å². The van der Waals surface area contributed by atoms with Gasteiger partial charge in [0.25, 0.3) is 0 Å². The molecule has 1 aromatic carbocycles. The molecule has 7 heteroatoms. The van der Waals surface area contributed by atoms with Crippen molar-refractivity contribution in [3.05, 3.63) is 64.1 Å². The van der Waals surface area contributed by atoms with Crippen LogP contribution in [-0.4, -0.2) is 33.0 Å². The van der Waals surface area contributed by atoms with Crippen molar-refractivity contribution in [1.29, 1.82) is 0 Å². The molecule has 0 saturated heterocycles. The van der Waals surface area contributed by atoms with Gasteiger partial charge in [-0.2, -0.15) is 0 Å². The smallest absolute Gasteiger partial charge is 0.230 e. The van der Waals surface area contributed by atoms with Crippen molar-refractivity contribution in [2.75, 3.05) is 12.3 Å². The lowest BCUT2D eigenvalue weighted by atomic mass is 9.95. The molecule has 0 unspecified atom stereocenters. The summed E-state index contributed by atoms with van der Waals surface area (Å²) < 4.78 is 2.32. The van der Waals surface area contributed by atoms with Crippen LogP contribution in [0.15, 0.2) is 53.0 Å². The number of thiophene rings is 1. The summed E-state index contributed by atoms with van der Waals surface area (Å²) in [5, 5.41) is 15.0. The van der Waals surface area contributed by atoms with Crippen LogP contribution in [0, 0.1) is 0 Å². The van der Waals surface area contributed by atoms with Crippen LogP contribution < -0.4 is 5.32 Å². The minimum Gasteiger partial charge on any atom is -0.355 e. The second-order valence-corrected chi connectivity index (χ2v) is 9.67. The van der Waals surface area contributed by atoms with Gasteiger partial charge in [-0.1, -0.05) is 67.4 Å². The molecule has 1 saturated carbocycles. The molecule has 30 heavy (non-hydrogen) atoms. The molecule has 0 radical (unpaired) electrons. The van der Waals surface area contributed by atoms with Crippen molar-refractivity contribution in [1.82, 2.24) is 20.1 Å². The molecule has 158 valence electrons. The zero-order chi connectivity index (χ0) is 20.6. The van der Waals surface area contributed by atoms with Crippen LogP contribution in [0.1, 0.15) is 54.4 Å². The summed E-state index contributed by atoms with van der Waals surface area (Å²) in [5.41, 5.74) is 1.24. The topological polar surface area (TPSA) is 59.8 Å². The summed E-state index contributed by atoms with van der Waals surface area (Å²) >= 11 is 3.27. The maximum absolute atomic E-state index is 12.4. The Balaban J connectivity index is 1.36. The lowest BCUT2D eigenvalue weighted by molar-refractivity contribution is -0.118. The summed E-state index contributed by atoms with van der Waals surface area (Å²) in [6, 6.07) is 14.9. The number of carbonyl (C=O) groups excluding carboxylic acids is 1. The van der Waals surface area contributed by atoms with Crippen molar-refractivity contribution >= 4 is 29.0 Å². The summed E-state index contributed by atoms with van der Waals surface area (Å²) in [5.74, 6) is 1.45. The zero-order valence-corrected chi connectivity index (χ0v) is 18.8. The van der Waals surface area contributed by atoms with Crippen molar-refractivity contribution in [3.63, 3.8) is 0 Å². The Morgan fingerprint density at radius 2 is 1.93 bits per heavy atom. The predicted molar refractivity (Wildman–Crippen MR) is 123 cm³/mol. The number of aromatic nitrogens is 3. The first-order valence-corrected chi connectivity index (χ1v) is 12.6. The van der Waals surface area contributed by atoms with Crippen LogP contribution in [0.25, 0.3) is 0 Å². The molecule has 0 atom stereocenters. The van der Waals surface area contributed by atoms with Gasteiger partial charge in [0.05, 0.1) is 5.75 Å². The van der Waals surface area contributed by atoms with Crippen molar-refractivity contribution in [2.24, 2.45) is 0 Å². The van der Waals surface area contributed by atoms with Gasteiger partial charge in [-0.25, -0.2) is 0 Å². The van der Waals surface area contributed by atoms with E-state index in [1.54, 1.807) is 11.3 Å². The molecule has 1 aliphatic carbocycles. The number of thioether (sulfide) groups is 1. The quantitative estimate of drug-likeness (QED) is 0.482. The Morgan fingerprint density at radius 1 is 1.10 bits per heavy atom. The van der Waals surface area contributed by atoms with Crippen LogP contribution in [0.4, 0.5) is 0 Å². The van der Waals surface area contributed by atoms with E-state index in [-0.39, 0.29) is 5.91 Å². The van der Waals surface area contributed by atoms with E-state index in [0.717, 1.165) is 23.8 Å². The van der Waals surface area contributed by atoms with Gasteiger partial charge in [0.2, 0.25) is 5.91 Å². The maximum atomic E-state index is 12.4. The van der Waals surface area contributed by atoms with E-state index in [0.29, 0.717) is 18.3 Å². The molecule has 0 aliphatic heterocycles. The molecule has 1 amide bonds. The van der Waals surface area contributed by atoms with Crippen molar-refractivity contribution < 1.29 is 4.79 Å². The van der Waals surface area contributed by atoms with Crippen LogP contribution in [-0.2, 0) is 17.6 Å². The second kappa shape index (κ2) is 10.8. The molecule has 2 heterocycles. The summed E-state index contributed by atoms with van der Waals surface area (Å²) in [6.07, 6.45) is 7.83. The SMILES string of the molecule is O=C(CSc1nnc(Cc2cccs2)n1C1CCCCC1)NCCc1ccccc1. The Labute approximate surface area is 186 Å². The number of nitrogens with one attached hydrogen (secondary N) is 1. The lowest BCUT2D eigenvalue weighted by Gasteiger charge is -2.25. The zero-order valence-electron chi connectivity index (χ0n) is 17.1. The van der Waals surface area contributed by atoms with Crippen molar-refractivity contribution in [3.8, 4) is 0 Å². The van der Waals surface area contributed by atoms with Gasteiger partial charge < -0.3 is 9.88 Å². The third-order valence-electron chi connectivity index (χ3n) is 5.50. The van der Waals surface area contributed by atoms with Crippen LogP contribution in [0.3, 0.4) is 0 Å². The fourth-order valence-corrected chi connectivity index (χ4v) is 5.53. The number of rotatable bonds is 9. The van der Waals surface area contributed by atoms with E-state index in [4.69, 9.17) is 0 Å². The summed E-state index contributed by atoms with van der Waals surface area (Å²) in [7, 11) is 0. The van der Waals surface area contributed by atoms with Crippen LogP contribution >= 0.6 is 23.1 Å². The number of nitrogens with zero attached hydrogens (tertiary/aromatic N) is 3. The minimum atomic E-state index is 0.0499. The molecular formula is C23H28N4OS2. The Bertz CT molecular complexity index is 918. The average Bonchev–Trinajstić information content (AvgIpc) is 3.44. The highest BCUT2D eigenvalue weighted by molar-refractivity contribution is 7.99. The standard InChI is InChI=1S/C23H28N4OS2/c28-22(24-14-13-18-8-3-1-4-9-18)17-30-23-26-25-21(16-20-12-7-15-29-20)27(23)19-10-5-2-6-11-19/h1,3-4,7-9,12,15,19H,2,5-6,10-11,13-14,16-17H2,(H,24,28). The molecule has 3 aromatic rings. The van der Waals surface area contributed by atoms with E-state index in [1.165, 1.54) is 54.3 Å². The minimum absolute atomic E-state index is 0.0499. The first kappa shape index (κ1) is 21.1. The van der Waals surface area contributed by atoms with E-state index < -0.39 is 0 Å². The Morgan fingerprint density at radius 3 is 2.70 bits per heavy atom. The van der Waals surface area contributed by atoms with E-state index in [9.17, 15) is 4.79 Å². The normalized spacial score (nSPS) is 14.7. The highest BCUT2D eigenvalue weighted by atomic mass is 32.2. The fourth-order valence-electron chi connectivity index (χ4n) is 3.97. The average molecular weight is 441 g/mol. The first-order valence-electron chi connectivity index (χ1n) is 10.7. The van der Waals surface area contributed by atoms with E-state index in [2.05, 4.69) is 49.7 Å². The van der Waals surface area contributed by atoms with Gasteiger partial charge in [0.1, 0.15) is 5.82 Å². The molecule has 2 aromatic heterocycles. The molecule has 1 fully saturated rings. The Kier molecular flexibility index (Phi) is 7.59. The second-order valence-electron chi connectivity index (χ2n) is 7.69. The number of hydrogen-bond acceptors (Lipinski definition) is 5. The van der Waals surface area contributed by atoms with Gasteiger partial charge in [-0.3, -0.25) is 4.79 Å². The molecule has 0 spiro atoms. The maximum Gasteiger partial charge on any atom is 0.230 e. The highest BCUT2D eigenvalue weighted by Crippen LogP contribution is 2.33. The third-order valence-corrected chi connectivity index (χ3v) is 7.32. The fraction of sp³-hybridized carbons (Fsp3) is 0.435. The number of benzene rings is 1. The molecule has 1 aliphatic rings. The predicted octanol–water partition coefficient (Wildman–Crippen LogP) is 4.89. The first-order chi connectivity index (χ1) is 14.8. The summed E-state index contributed by atoms with van der Waals surface area (Å²) in [4.78, 5) is 13.7. The number of hydrogen-bond donors (Lipinski definition) is 1. The molecule has 1 N–H and O–H groups in total. The van der Waals surface area contributed by atoms with Gasteiger partial charge in [0.15, 0.2) is 5.16 Å². The van der Waals surface area contributed by atoms with Gasteiger partial charge >= 0.3 is 0 Å².